The van der Waals surface area contributed by atoms with Gasteiger partial charge in [-0.1, -0.05) is 13.0 Å². The molecule has 0 bridgehead atoms. The molecule has 1 aliphatic heterocycles. The first-order valence-corrected chi connectivity index (χ1v) is 6.87. The number of amides is 1. The van der Waals surface area contributed by atoms with Crippen molar-refractivity contribution in [2.45, 2.75) is 51.1 Å². The molecule has 0 unspecified atom stereocenters. The standard InChI is InChI=1S/C14H24N2O/c1-3-14(17)15-11(2)12-6-5-9-16(10-12)13-7-4-8-13/h3,11-13H,1,4-10H2,2H3,(H,15,17)/t11-,12-/m0/s1. The smallest absolute Gasteiger partial charge is 0.243 e. The van der Waals surface area contributed by atoms with Crippen molar-refractivity contribution in [2.75, 3.05) is 13.1 Å². The van der Waals surface area contributed by atoms with E-state index in [0.717, 1.165) is 12.6 Å². The van der Waals surface area contributed by atoms with Crippen molar-refractivity contribution in [1.82, 2.24) is 10.2 Å². The molecule has 1 N–H and O–H groups in total. The molecule has 96 valence electrons. The normalized spacial score (nSPS) is 28.2. The van der Waals surface area contributed by atoms with Crippen LogP contribution in [-0.4, -0.2) is 36.0 Å². The Morgan fingerprint density at radius 1 is 1.41 bits per heavy atom. The third kappa shape index (κ3) is 3.09. The molecule has 0 aromatic rings. The zero-order valence-corrected chi connectivity index (χ0v) is 10.8. The maximum absolute atomic E-state index is 11.3. The Morgan fingerprint density at radius 3 is 2.76 bits per heavy atom. The lowest BCUT2D eigenvalue weighted by atomic mass is 9.85. The Bertz CT molecular complexity index is 286. The van der Waals surface area contributed by atoms with Gasteiger partial charge < -0.3 is 10.2 Å². The molecule has 1 aliphatic carbocycles. The van der Waals surface area contributed by atoms with Crippen LogP contribution in [-0.2, 0) is 4.79 Å². The van der Waals surface area contributed by atoms with E-state index in [2.05, 4.69) is 23.7 Å². The molecule has 2 aliphatic rings. The summed E-state index contributed by atoms with van der Waals surface area (Å²) in [5.41, 5.74) is 0. The fourth-order valence-corrected chi connectivity index (χ4v) is 2.93. The lowest BCUT2D eigenvalue weighted by Gasteiger charge is -2.43. The Hall–Kier alpha value is -0.830. The van der Waals surface area contributed by atoms with Gasteiger partial charge in [0.1, 0.15) is 0 Å². The van der Waals surface area contributed by atoms with Crippen LogP contribution in [0.3, 0.4) is 0 Å². The SMILES string of the molecule is C=CC(=O)N[C@@H](C)[C@H]1CCCN(C2CCC2)C1. The topological polar surface area (TPSA) is 32.3 Å². The van der Waals surface area contributed by atoms with Gasteiger partial charge in [0, 0.05) is 18.6 Å². The maximum Gasteiger partial charge on any atom is 0.243 e. The van der Waals surface area contributed by atoms with Gasteiger partial charge in [0.25, 0.3) is 0 Å². The summed E-state index contributed by atoms with van der Waals surface area (Å²) in [4.78, 5) is 13.9. The predicted molar refractivity (Wildman–Crippen MR) is 69.7 cm³/mol. The summed E-state index contributed by atoms with van der Waals surface area (Å²) in [7, 11) is 0. The summed E-state index contributed by atoms with van der Waals surface area (Å²) in [6, 6.07) is 1.10. The van der Waals surface area contributed by atoms with E-state index in [1.54, 1.807) is 0 Å². The molecule has 0 spiro atoms. The Labute approximate surface area is 104 Å². The van der Waals surface area contributed by atoms with Crippen molar-refractivity contribution in [3.63, 3.8) is 0 Å². The minimum atomic E-state index is -0.0433. The van der Waals surface area contributed by atoms with E-state index < -0.39 is 0 Å². The minimum Gasteiger partial charge on any atom is -0.350 e. The number of rotatable bonds is 4. The molecule has 2 rings (SSSR count). The first kappa shape index (κ1) is 12.6. The van der Waals surface area contributed by atoms with E-state index in [4.69, 9.17) is 0 Å². The highest BCUT2D eigenvalue weighted by atomic mass is 16.1. The Kier molecular flexibility index (Phi) is 4.21. The number of nitrogens with one attached hydrogen (secondary N) is 1. The van der Waals surface area contributed by atoms with Crippen LogP contribution in [0, 0.1) is 5.92 Å². The molecule has 0 radical (unpaired) electrons. The molecule has 0 aromatic carbocycles. The van der Waals surface area contributed by atoms with Gasteiger partial charge in [-0.2, -0.15) is 0 Å². The van der Waals surface area contributed by atoms with Gasteiger partial charge in [-0.25, -0.2) is 0 Å². The second-order valence-electron chi connectivity index (χ2n) is 5.48. The maximum atomic E-state index is 11.3. The zero-order chi connectivity index (χ0) is 12.3. The van der Waals surface area contributed by atoms with Gasteiger partial charge in [0.15, 0.2) is 0 Å². The number of nitrogens with zero attached hydrogens (tertiary/aromatic N) is 1. The average molecular weight is 236 g/mol. The van der Waals surface area contributed by atoms with Crippen LogP contribution in [0.4, 0.5) is 0 Å². The molecule has 1 saturated heterocycles. The number of hydrogen-bond acceptors (Lipinski definition) is 2. The monoisotopic (exact) mass is 236 g/mol. The number of hydrogen-bond donors (Lipinski definition) is 1. The molecular formula is C14H24N2O. The van der Waals surface area contributed by atoms with Crippen LogP contribution >= 0.6 is 0 Å². The van der Waals surface area contributed by atoms with Gasteiger partial charge in [0.2, 0.25) is 5.91 Å². The molecule has 1 heterocycles. The highest BCUT2D eigenvalue weighted by molar-refractivity contribution is 5.87. The third-order valence-corrected chi connectivity index (χ3v) is 4.34. The van der Waals surface area contributed by atoms with E-state index in [9.17, 15) is 4.79 Å². The van der Waals surface area contributed by atoms with Crippen molar-refractivity contribution in [1.29, 1.82) is 0 Å². The first-order valence-electron chi connectivity index (χ1n) is 6.87. The summed E-state index contributed by atoms with van der Waals surface area (Å²) in [6.45, 7) is 8.03. The van der Waals surface area contributed by atoms with E-state index in [0.29, 0.717) is 5.92 Å². The van der Waals surface area contributed by atoms with Crippen molar-refractivity contribution >= 4 is 5.91 Å². The van der Waals surface area contributed by atoms with Crippen molar-refractivity contribution in [2.24, 2.45) is 5.92 Å². The summed E-state index contributed by atoms with van der Waals surface area (Å²) < 4.78 is 0. The number of likely N-dealkylation sites (tertiary alicyclic amines) is 1. The molecule has 1 saturated carbocycles. The molecule has 0 aromatic heterocycles. The summed E-state index contributed by atoms with van der Waals surface area (Å²) in [6.07, 6.45) is 8.02. The number of carbonyl (C=O) groups is 1. The second-order valence-corrected chi connectivity index (χ2v) is 5.48. The lowest BCUT2D eigenvalue weighted by molar-refractivity contribution is -0.117. The molecule has 17 heavy (non-hydrogen) atoms. The van der Waals surface area contributed by atoms with Crippen molar-refractivity contribution in [3.05, 3.63) is 12.7 Å². The fourth-order valence-electron chi connectivity index (χ4n) is 2.93. The Morgan fingerprint density at radius 2 is 2.18 bits per heavy atom. The van der Waals surface area contributed by atoms with Crippen LogP contribution in [0.5, 0.6) is 0 Å². The van der Waals surface area contributed by atoms with Crippen molar-refractivity contribution < 1.29 is 4.79 Å². The van der Waals surface area contributed by atoms with Crippen LogP contribution < -0.4 is 5.32 Å². The molecular weight excluding hydrogens is 212 g/mol. The number of carbonyl (C=O) groups excluding carboxylic acids is 1. The quantitative estimate of drug-likeness (QED) is 0.757. The van der Waals surface area contributed by atoms with Gasteiger partial charge in [0.05, 0.1) is 0 Å². The largest absolute Gasteiger partial charge is 0.350 e. The second kappa shape index (κ2) is 5.67. The first-order chi connectivity index (χ1) is 8.20. The summed E-state index contributed by atoms with van der Waals surface area (Å²) >= 11 is 0. The van der Waals surface area contributed by atoms with E-state index in [-0.39, 0.29) is 11.9 Å². The van der Waals surface area contributed by atoms with E-state index in [1.807, 2.05) is 0 Å². The zero-order valence-electron chi connectivity index (χ0n) is 10.8. The van der Waals surface area contributed by atoms with Gasteiger partial charge in [-0.05, 0) is 51.1 Å². The Balaban J connectivity index is 1.83. The third-order valence-electron chi connectivity index (χ3n) is 4.34. The predicted octanol–water partition coefficient (Wildman–Crippen LogP) is 1.94. The molecule has 3 heteroatoms. The molecule has 1 amide bonds. The molecule has 3 nitrogen and oxygen atoms in total. The van der Waals surface area contributed by atoms with Crippen molar-refractivity contribution in [3.8, 4) is 0 Å². The minimum absolute atomic E-state index is 0.0433. The van der Waals surface area contributed by atoms with Gasteiger partial charge >= 0.3 is 0 Å². The van der Waals surface area contributed by atoms with Crippen LogP contribution in [0.15, 0.2) is 12.7 Å². The van der Waals surface area contributed by atoms with Gasteiger partial charge in [-0.3, -0.25) is 4.79 Å². The molecule has 2 fully saturated rings. The fraction of sp³-hybridized carbons (Fsp3) is 0.786. The highest BCUT2D eigenvalue weighted by Gasteiger charge is 2.31. The molecule has 2 atom stereocenters. The summed E-state index contributed by atoms with van der Waals surface area (Å²) in [5.74, 6) is 0.562. The van der Waals surface area contributed by atoms with Gasteiger partial charge in [-0.15, -0.1) is 0 Å². The van der Waals surface area contributed by atoms with E-state index >= 15 is 0 Å². The lowest BCUT2D eigenvalue weighted by Crippen LogP contribution is -2.50. The van der Waals surface area contributed by atoms with Crippen LogP contribution in [0.2, 0.25) is 0 Å². The van der Waals surface area contributed by atoms with Crippen LogP contribution in [0.1, 0.15) is 39.0 Å². The van der Waals surface area contributed by atoms with E-state index in [1.165, 1.54) is 44.7 Å². The highest BCUT2D eigenvalue weighted by Crippen LogP contribution is 2.29. The number of piperidine rings is 1. The summed E-state index contributed by atoms with van der Waals surface area (Å²) in [5, 5.41) is 3.01. The van der Waals surface area contributed by atoms with Crippen LogP contribution in [0.25, 0.3) is 0 Å². The average Bonchev–Trinajstić information content (AvgIpc) is 2.27.